The molecule has 1 amide bonds. The average molecular weight is 407 g/mol. The van der Waals surface area contributed by atoms with E-state index in [-0.39, 0.29) is 33.7 Å². The summed E-state index contributed by atoms with van der Waals surface area (Å²) in [4.78, 5) is 36.3. The van der Waals surface area contributed by atoms with Crippen LogP contribution in [-0.2, 0) is 4.79 Å². The molecule has 3 rings (SSSR count). The molecule has 3 aromatic rings. The van der Waals surface area contributed by atoms with Gasteiger partial charge in [0.25, 0.3) is 0 Å². The normalized spacial score (nSPS) is 10.4. The van der Waals surface area contributed by atoms with Crippen molar-refractivity contribution in [2.24, 2.45) is 0 Å². The number of benzene rings is 3. The third-order valence-electron chi connectivity index (χ3n) is 4.14. The van der Waals surface area contributed by atoms with E-state index in [1.807, 2.05) is 6.07 Å². The molecule has 0 unspecified atom stereocenters. The Morgan fingerprint density at radius 1 is 0.862 bits per heavy atom. The van der Waals surface area contributed by atoms with Gasteiger partial charge in [-0.05, 0) is 31.2 Å². The van der Waals surface area contributed by atoms with Crippen molar-refractivity contribution in [2.45, 2.75) is 11.8 Å². The molecule has 146 valence electrons. The van der Waals surface area contributed by atoms with Crippen LogP contribution in [0.3, 0.4) is 0 Å². The molecule has 29 heavy (non-hydrogen) atoms. The summed E-state index contributed by atoms with van der Waals surface area (Å²) in [6, 6.07) is 19.7. The van der Waals surface area contributed by atoms with Crippen LogP contribution < -0.4 is 5.32 Å². The Morgan fingerprint density at radius 2 is 1.59 bits per heavy atom. The Morgan fingerprint density at radius 3 is 2.28 bits per heavy atom. The zero-order valence-electron chi connectivity index (χ0n) is 15.6. The lowest BCUT2D eigenvalue weighted by Gasteiger charge is -2.08. The highest BCUT2D eigenvalue weighted by atomic mass is 32.2. The fourth-order valence-corrected chi connectivity index (χ4v) is 3.39. The molecule has 0 saturated carbocycles. The highest BCUT2D eigenvalue weighted by Crippen LogP contribution is 2.23. The Balaban J connectivity index is 1.63. The lowest BCUT2D eigenvalue weighted by molar-refractivity contribution is -0.113. The number of amides is 1. The van der Waals surface area contributed by atoms with Crippen LogP contribution in [0.15, 0.2) is 77.7 Å². The second kappa shape index (κ2) is 9.30. The van der Waals surface area contributed by atoms with Gasteiger partial charge in [-0.2, -0.15) is 0 Å². The van der Waals surface area contributed by atoms with Gasteiger partial charge in [0, 0.05) is 27.3 Å². The summed E-state index contributed by atoms with van der Waals surface area (Å²) in [5.74, 6) is -1.22. The van der Waals surface area contributed by atoms with E-state index in [1.165, 1.54) is 25.1 Å². The molecule has 0 fully saturated rings. The number of hydrogen-bond acceptors (Lipinski definition) is 4. The molecular weight excluding hydrogens is 389 g/mol. The van der Waals surface area contributed by atoms with Crippen LogP contribution in [0.2, 0.25) is 0 Å². The predicted molar refractivity (Wildman–Crippen MR) is 112 cm³/mol. The van der Waals surface area contributed by atoms with Gasteiger partial charge in [-0.1, -0.05) is 48.5 Å². The van der Waals surface area contributed by atoms with E-state index in [0.717, 1.165) is 11.8 Å². The second-order valence-electron chi connectivity index (χ2n) is 6.31. The fraction of sp³-hybridized carbons (Fsp3) is 0.0870. The maximum atomic E-state index is 14.0. The molecule has 4 nitrogen and oxygen atoms in total. The summed E-state index contributed by atoms with van der Waals surface area (Å²) in [6.45, 7) is 1.37. The minimum absolute atomic E-state index is 0.00675. The first-order valence-corrected chi connectivity index (χ1v) is 9.85. The fourth-order valence-electron chi connectivity index (χ4n) is 2.67. The Hall–Kier alpha value is -3.25. The van der Waals surface area contributed by atoms with Gasteiger partial charge in [-0.3, -0.25) is 14.4 Å². The molecule has 0 aliphatic carbocycles. The molecule has 6 heteroatoms. The van der Waals surface area contributed by atoms with E-state index in [9.17, 15) is 18.8 Å². The third-order valence-corrected chi connectivity index (χ3v) is 5.19. The zero-order valence-corrected chi connectivity index (χ0v) is 16.5. The lowest BCUT2D eigenvalue weighted by Crippen LogP contribution is -2.14. The van der Waals surface area contributed by atoms with Crippen LogP contribution in [0.4, 0.5) is 10.1 Å². The largest absolute Gasteiger partial charge is 0.325 e. The van der Waals surface area contributed by atoms with Gasteiger partial charge in [-0.15, -0.1) is 11.8 Å². The molecule has 0 bridgehead atoms. The summed E-state index contributed by atoms with van der Waals surface area (Å²) >= 11 is 1.04. The number of nitrogens with one attached hydrogen (secondary N) is 1. The number of thioether (sulfide) groups is 1. The SMILES string of the molecule is CC(=O)c1ccc(SCC(=O)Nc2cccc(C(=O)c3ccccc3)c2)c(F)c1. The van der Waals surface area contributed by atoms with Crippen LogP contribution >= 0.6 is 11.8 Å². The molecule has 0 heterocycles. The van der Waals surface area contributed by atoms with Crippen molar-refractivity contribution in [3.63, 3.8) is 0 Å². The average Bonchev–Trinajstić information content (AvgIpc) is 2.73. The number of hydrogen-bond donors (Lipinski definition) is 1. The van der Waals surface area contributed by atoms with Gasteiger partial charge in [0.2, 0.25) is 5.91 Å². The van der Waals surface area contributed by atoms with Gasteiger partial charge in [0.15, 0.2) is 11.6 Å². The Kier molecular flexibility index (Phi) is 6.57. The van der Waals surface area contributed by atoms with Crippen LogP contribution in [0.5, 0.6) is 0 Å². The van der Waals surface area contributed by atoms with E-state index < -0.39 is 5.82 Å². The first-order valence-electron chi connectivity index (χ1n) is 8.87. The minimum Gasteiger partial charge on any atom is -0.325 e. The Labute approximate surface area is 172 Å². The minimum atomic E-state index is -0.536. The Bertz CT molecular complexity index is 1070. The van der Waals surface area contributed by atoms with Crippen molar-refractivity contribution in [3.8, 4) is 0 Å². The third kappa shape index (κ3) is 5.39. The first kappa shape index (κ1) is 20.5. The van der Waals surface area contributed by atoms with Crippen molar-refractivity contribution in [2.75, 3.05) is 11.1 Å². The standard InChI is InChI=1S/C23H18FNO3S/c1-15(26)17-10-11-21(20(24)13-17)29-14-22(27)25-19-9-5-8-18(12-19)23(28)16-6-3-2-4-7-16/h2-13H,14H2,1H3,(H,25,27). The molecule has 0 atom stereocenters. The number of carbonyl (C=O) groups excluding carboxylic acids is 3. The maximum absolute atomic E-state index is 14.0. The number of rotatable bonds is 7. The topological polar surface area (TPSA) is 63.2 Å². The molecule has 0 aliphatic heterocycles. The van der Waals surface area contributed by atoms with Crippen molar-refractivity contribution < 1.29 is 18.8 Å². The molecular formula is C23H18FNO3S. The number of carbonyl (C=O) groups is 3. The number of halogens is 1. The van der Waals surface area contributed by atoms with Crippen molar-refractivity contribution >= 4 is 34.9 Å². The molecule has 0 saturated heterocycles. The summed E-state index contributed by atoms with van der Waals surface area (Å²) in [7, 11) is 0. The number of ketones is 2. The molecule has 0 aliphatic rings. The summed E-state index contributed by atoms with van der Waals surface area (Å²) in [5, 5.41) is 2.72. The summed E-state index contributed by atoms with van der Waals surface area (Å²) in [5.41, 5.74) is 1.81. The van der Waals surface area contributed by atoms with E-state index in [4.69, 9.17) is 0 Å². The van der Waals surface area contributed by atoms with Crippen LogP contribution in [0, 0.1) is 5.82 Å². The highest BCUT2D eigenvalue weighted by Gasteiger charge is 2.12. The van der Waals surface area contributed by atoms with Crippen LogP contribution in [0.1, 0.15) is 33.2 Å². The molecule has 0 spiro atoms. The number of Topliss-reactive ketones (excluding diaryl/α,β-unsaturated/α-hetero) is 1. The predicted octanol–water partition coefficient (Wildman–Crippen LogP) is 4.99. The number of anilines is 1. The molecule has 1 N–H and O–H groups in total. The van der Waals surface area contributed by atoms with Crippen LogP contribution in [-0.4, -0.2) is 23.2 Å². The van der Waals surface area contributed by atoms with Crippen molar-refractivity contribution in [1.29, 1.82) is 0 Å². The van der Waals surface area contributed by atoms with E-state index in [0.29, 0.717) is 16.8 Å². The van der Waals surface area contributed by atoms with Gasteiger partial charge < -0.3 is 5.32 Å². The second-order valence-corrected chi connectivity index (χ2v) is 7.33. The summed E-state index contributed by atoms with van der Waals surface area (Å²) in [6.07, 6.45) is 0. The van der Waals surface area contributed by atoms with Gasteiger partial charge in [-0.25, -0.2) is 4.39 Å². The molecule has 0 radical (unpaired) electrons. The smallest absolute Gasteiger partial charge is 0.234 e. The van der Waals surface area contributed by atoms with E-state index >= 15 is 0 Å². The van der Waals surface area contributed by atoms with E-state index in [1.54, 1.807) is 48.5 Å². The highest BCUT2D eigenvalue weighted by molar-refractivity contribution is 8.00. The lowest BCUT2D eigenvalue weighted by atomic mass is 10.0. The van der Waals surface area contributed by atoms with Crippen molar-refractivity contribution in [3.05, 3.63) is 95.3 Å². The zero-order chi connectivity index (χ0) is 20.8. The first-order chi connectivity index (χ1) is 13.9. The quantitative estimate of drug-likeness (QED) is 0.443. The van der Waals surface area contributed by atoms with Crippen molar-refractivity contribution in [1.82, 2.24) is 0 Å². The molecule has 3 aromatic carbocycles. The van der Waals surface area contributed by atoms with Gasteiger partial charge in [0.05, 0.1) is 5.75 Å². The van der Waals surface area contributed by atoms with Crippen LogP contribution in [0.25, 0.3) is 0 Å². The summed E-state index contributed by atoms with van der Waals surface area (Å²) < 4.78 is 14.0. The van der Waals surface area contributed by atoms with Gasteiger partial charge in [0.1, 0.15) is 5.82 Å². The molecule has 0 aromatic heterocycles. The van der Waals surface area contributed by atoms with Gasteiger partial charge >= 0.3 is 0 Å². The maximum Gasteiger partial charge on any atom is 0.234 e. The van der Waals surface area contributed by atoms with E-state index in [2.05, 4.69) is 5.32 Å². The monoisotopic (exact) mass is 407 g/mol.